The van der Waals surface area contributed by atoms with Gasteiger partial charge in [0.25, 0.3) is 5.91 Å². The molecule has 7 nitrogen and oxygen atoms in total. The van der Waals surface area contributed by atoms with Crippen LogP contribution in [0.2, 0.25) is 0 Å². The average Bonchev–Trinajstić information content (AvgIpc) is 3.27. The van der Waals surface area contributed by atoms with Crippen molar-refractivity contribution in [2.75, 3.05) is 29.9 Å². The molecule has 1 aliphatic heterocycles. The Morgan fingerprint density at radius 3 is 2.43 bits per heavy atom. The van der Waals surface area contributed by atoms with Crippen LogP contribution >= 0.6 is 0 Å². The number of ether oxygens (including phenoxy) is 1. The molecule has 0 bridgehead atoms. The van der Waals surface area contributed by atoms with E-state index in [1.807, 2.05) is 61.5 Å². The third-order valence-corrected chi connectivity index (χ3v) is 5.93. The van der Waals surface area contributed by atoms with Crippen LogP contribution in [0.3, 0.4) is 0 Å². The second kappa shape index (κ2) is 11.3. The van der Waals surface area contributed by atoms with Gasteiger partial charge in [0.2, 0.25) is 11.8 Å². The molecule has 0 radical (unpaired) electrons. The Kier molecular flexibility index (Phi) is 7.77. The Morgan fingerprint density at radius 1 is 0.971 bits per heavy atom. The van der Waals surface area contributed by atoms with Crippen LogP contribution in [0, 0.1) is 5.92 Å². The third kappa shape index (κ3) is 6.06. The summed E-state index contributed by atoms with van der Waals surface area (Å²) in [6, 6.07) is 24.1. The van der Waals surface area contributed by atoms with Crippen molar-refractivity contribution in [2.45, 2.75) is 19.8 Å². The molecule has 2 N–H and O–H groups in total. The molecule has 1 fully saturated rings. The second-order valence-electron chi connectivity index (χ2n) is 8.36. The quantitative estimate of drug-likeness (QED) is 0.493. The molecule has 1 unspecified atom stereocenters. The molecule has 1 atom stereocenters. The first-order valence-corrected chi connectivity index (χ1v) is 11.8. The van der Waals surface area contributed by atoms with Crippen LogP contribution in [0.4, 0.5) is 11.4 Å². The number of hydrogen-bond acceptors (Lipinski definition) is 4. The lowest BCUT2D eigenvalue weighted by Gasteiger charge is -2.17. The molecule has 3 aromatic carbocycles. The molecular weight excluding hydrogens is 442 g/mol. The minimum absolute atomic E-state index is 0.110. The maximum Gasteiger partial charge on any atom is 0.253 e. The number of para-hydroxylation sites is 1. The van der Waals surface area contributed by atoms with E-state index in [9.17, 15) is 14.4 Å². The molecule has 4 rings (SSSR count). The van der Waals surface area contributed by atoms with Crippen LogP contribution in [0.25, 0.3) is 0 Å². The zero-order valence-electron chi connectivity index (χ0n) is 19.7. The summed E-state index contributed by atoms with van der Waals surface area (Å²) >= 11 is 0. The zero-order valence-corrected chi connectivity index (χ0v) is 19.7. The first kappa shape index (κ1) is 24.0. The summed E-state index contributed by atoms with van der Waals surface area (Å²) in [6.07, 6.45) is 0.831. The highest BCUT2D eigenvalue weighted by Gasteiger charge is 2.35. The van der Waals surface area contributed by atoms with Gasteiger partial charge in [0.1, 0.15) is 5.75 Å². The Labute approximate surface area is 205 Å². The molecule has 0 aliphatic carbocycles. The summed E-state index contributed by atoms with van der Waals surface area (Å²) < 4.78 is 5.45. The summed E-state index contributed by atoms with van der Waals surface area (Å²) in [6.45, 7) is 3.24. The van der Waals surface area contributed by atoms with Crippen molar-refractivity contribution in [3.8, 4) is 5.75 Å². The second-order valence-corrected chi connectivity index (χ2v) is 8.36. The van der Waals surface area contributed by atoms with Gasteiger partial charge in [0.05, 0.1) is 23.8 Å². The van der Waals surface area contributed by atoms with Gasteiger partial charge < -0.3 is 20.3 Å². The van der Waals surface area contributed by atoms with Crippen molar-refractivity contribution in [2.24, 2.45) is 5.92 Å². The predicted octanol–water partition coefficient (Wildman–Crippen LogP) is 4.05. The van der Waals surface area contributed by atoms with Crippen LogP contribution in [-0.4, -0.2) is 37.4 Å². The Balaban J connectivity index is 1.36. The lowest BCUT2D eigenvalue weighted by Crippen LogP contribution is -2.30. The highest BCUT2D eigenvalue weighted by molar-refractivity contribution is 6.07. The summed E-state index contributed by atoms with van der Waals surface area (Å²) in [5.41, 5.74) is 2.69. The molecule has 3 aromatic rings. The van der Waals surface area contributed by atoms with Gasteiger partial charge in [-0.1, -0.05) is 42.5 Å². The lowest BCUT2D eigenvalue weighted by molar-refractivity contribution is -0.122. The highest BCUT2D eigenvalue weighted by Crippen LogP contribution is 2.28. The van der Waals surface area contributed by atoms with E-state index in [1.54, 1.807) is 29.2 Å². The number of benzene rings is 3. The number of carbonyl (C=O) groups is 3. The molecule has 3 amide bonds. The van der Waals surface area contributed by atoms with Crippen molar-refractivity contribution in [3.05, 3.63) is 90.0 Å². The van der Waals surface area contributed by atoms with Crippen LogP contribution in [0.5, 0.6) is 5.75 Å². The number of anilines is 2. The Morgan fingerprint density at radius 2 is 1.69 bits per heavy atom. The fraction of sp³-hybridized carbons (Fsp3) is 0.250. The standard InChI is InChI=1S/C28H29N3O4/c1-2-35-23-14-12-22(13-15-23)31-19-21(18-26(31)32)27(33)30-25-11-7-6-10-24(25)28(34)29-17-16-20-8-4-3-5-9-20/h3-15,21H,2,16-19H2,1H3,(H,29,34)(H,30,33). The minimum Gasteiger partial charge on any atom is -0.494 e. The van der Waals surface area contributed by atoms with Gasteiger partial charge in [-0.15, -0.1) is 0 Å². The van der Waals surface area contributed by atoms with Crippen molar-refractivity contribution >= 4 is 29.1 Å². The fourth-order valence-corrected chi connectivity index (χ4v) is 4.11. The van der Waals surface area contributed by atoms with Gasteiger partial charge >= 0.3 is 0 Å². The van der Waals surface area contributed by atoms with Gasteiger partial charge in [0.15, 0.2) is 0 Å². The van der Waals surface area contributed by atoms with Gasteiger partial charge in [-0.2, -0.15) is 0 Å². The Bertz CT molecular complexity index is 1180. The normalized spacial score (nSPS) is 15.1. The molecule has 7 heteroatoms. The number of amides is 3. The van der Waals surface area contributed by atoms with Crippen molar-refractivity contribution in [1.29, 1.82) is 0 Å². The highest BCUT2D eigenvalue weighted by atomic mass is 16.5. The molecule has 0 spiro atoms. The molecule has 0 saturated carbocycles. The first-order chi connectivity index (χ1) is 17.0. The number of hydrogen-bond donors (Lipinski definition) is 2. The average molecular weight is 472 g/mol. The number of nitrogens with zero attached hydrogens (tertiary/aromatic N) is 1. The summed E-state index contributed by atoms with van der Waals surface area (Å²) in [5, 5.41) is 5.78. The van der Waals surface area contributed by atoms with E-state index in [-0.39, 0.29) is 30.7 Å². The van der Waals surface area contributed by atoms with E-state index >= 15 is 0 Å². The molecule has 1 heterocycles. The largest absolute Gasteiger partial charge is 0.494 e. The predicted molar refractivity (Wildman–Crippen MR) is 136 cm³/mol. The monoisotopic (exact) mass is 471 g/mol. The van der Waals surface area contributed by atoms with Crippen LogP contribution in [0.15, 0.2) is 78.9 Å². The van der Waals surface area contributed by atoms with E-state index in [2.05, 4.69) is 10.6 Å². The summed E-state index contributed by atoms with van der Waals surface area (Å²) in [7, 11) is 0. The van der Waals surface area contributed by atoms with E-state index in [4.69, 9.17) is 4.74 Å². The number of carbonyl (C=O) groups excluding carboxylic acids is 3. The van der Waals surface area contributed by atoms with Gasteiger partial charge in [-0.25, -0.2) is 0 Å². The fourth-order valence-electron chi connectivity index (χ4n) is 4.11. The van der Waals surface area contributed by atoms with E-state index in [1.165, 1.54) is 0 Å². The summed E-state index contributed by atoms with van der Waals surface area (Å²) in [5.74, 6) is -0.424. The van der Waals surface area contributed by atoms with E-state index in [0.29, 0.717) is 30.8 Å². The van der Waals surface area contributed by atoms with Crippen molar-refractivity contribution in [3.63, 3.8) is 0 Å². The molecule has 180 valence electrons. The zero-order chi connectivity index (χ0) is 24.6. The topological polar surface area (TPSA) is 87.7 Å². The molecule has 1 aliphatic rings. The van der Waals surface area contributed by atoms with Gasteiger partial charge in [0, 0.05) is 25.2 Å². The van der Waals surface area contributed by atoms with Crippen molar-refractivity contribution in [1.82, 2.24) is 5.32 Å². The van der Waals surface area contributed by atoms with Crippen LogP contribution in [-0.2, 0) is 16.0 Å². The first-order valence-electron chi connectivity index (χ1n) is 11.8. The third-order valence-electron chi connectivity index (χ3n) is 5.93. The maximum absolute atomic E-state index is 13.0. The van der Waals surface area contributed by atoms with E-state index in [0.717, 1.165) is 17.0 Å². The molecule has 35 heavy (non-hydrogen) atoms. The van der Waals surface area contributed by atoms with Crippen molar-refractivity contribution < 1.29 is 19.1 Å². The van der Waals surface area contributed by atoms with Crippen LogP contribution in [0.1, 0.15) is 29.3 Å². The smallest absolute Gasteiger partial charge is 0.253 e. The molecular formula is C28H29N3O4. The van der Waals surface area contributed by atoms with E-state index < -0.39 is 5.92 Å². The number of nitrogens with one attached hydrogen (secondary N) is 2. The number of rotatable bonds is 9. The summed E-state index contributed by atoms with van der Waals surface area (Å²) in [4.78, 5) is 40.0. The van der Waals surface area contributed by atoms with Gasteiger partial charge in [-0.05, 0) is 55.3 Å². The SMILES string of the molecule is CCOc1ccc(N2CC(C(=O)Nc3ccccc3C(=O)NCCc3ccccc3)CC2=O)cc1. The molecule has 0 aromatic heterocycles. The molecule has 1 saturated heterocycles. The lowest BCUT2D eigenvalue weighted by atomic mass is 10.1. The van der Waals surface area contributed by atoms with Gasteiger partial charge in [-0.3, -0.25) is 14.4 Å². The minimum atomic E-state index is -0.511. The Hall–Kier alpha value is -4.13. The van der Waals surface area contributed by atoms with Crippen LogP contribution < -0.4 is 20.3 Å². The maximum atomic E-state index is 13.0.